The van der Waals surface area contributed by atoms with Gasteiger partial charge in [0, 0.05) is 32.3 Å². The van der Waals surface area contributed by atoms with Gasteiger partial charge in [0.2, 0.25) is 5.91 Å². The maximum Gasteiger partial charge on any atom is 0.227 e. The van der Waals surface area contributed by atoms with E-state index in [9.17, 15) is 4.79 Å². The summed E-state index contributed by atoms with van der Waals surface area (Å²) in [5.41, 5.74) is 1.07. The van der Waals surface area contributed by atoms with E-state index < -0.39 is 0 Å². The molecule has 0 aliphatic heterocycles. The van der Waals surface area contributed by atoms with E-state index in [2.05, 4.69) is 39.8 Å². The topological polar surface area (TPSA) is 78.4 Å². The quantitative estimate of drug-likeness (QED) is 0.351. The van der Waals surface area contributed by atoms with Gasteiger partial charge in [-0.3, -0.25) is 9.79 Å². The largest absolute Gasteiger partial charge is 0.357 e. The number of nitrogens with one attached hydrogen (secondary N) is 3. The number of amides is 1. The van der Waals surface area contributed by atoms with Crippen LogP contribution in [0.1, 0.15) is 32.8 Å². The van der Waals surface area contributed by atoms with Gasteiger partial charge in [0.15, 0.2) is 5.96 Å². The molecule has 0 atom stereocenters. The number of aryl methyl sites for hydroxylation is 1. The fourth-order valence-electron chi connectivity index (χ4n) is 1.66. The van der Waals surface area contributed by atoms with Gasteiger partial charge >= 0.3 is 0 Å². The Hall–Kier alpha value is -1.38. The molecule has 0 bridgehead atoms. The maximum atomic E-state index is 11.9. The smallest absolute Gasteiger partial charge is 0.227 e. The van der Waals surface area contributed by atoms with E-state index in [1.165, 1.54) is 0 Å². The molecule has 3 N–H and O–H groups in total. The molecule has 1 rings (SSSR count). The first-order valence-electron chi connectivity index (χ1n) is 7.76. The van der Waals surface area contributed by atoms with Crippen molar-refractivity contribution in [2.45, 2.75) is 34.1 Å². The highest BCUT2D eigenvalue weighted by atomic mass is 127. The van der Waals surface area contributed by atoms with Crippen LogP contribution in [0.4, 0.5) is 5.82 Å². The molecule has 7 heteroatoms. The van der Waals surface area contributed by atoms with Crippen LogP contribution >= 0.6 is 24.0 Å². The third-order valence-corrected chi connectivity index (χ3v) is 2.78. The van der Waals surface area contributed by atoms with Crippen molar-refractivity contribution in [3.8, 4) is 0 Å². The summed E-state index contributed by atoms with van der Waals surface area (Å²) in [6.45, 7) is 10.3. The van der Waals surface area contributed by atoms with Crippen LogP contribution in [0.5, 0.6) is 0 Å². The standard InChI is InChI=1S/C16H27N5O.HI/c1-5-17-16(20-10-12(2)3)18-9-8-15(22)21-14-7-6-13(4)11-19-14;/h6-7,11-12H,5,8-10H2,1-4H3,(H2,17,18,20)(H,19,21,22);1H. The molecule has 0 saturated carbocycles. The third-order valence-electron chi connectivity index (χ3n) is 2.78. The number of carbonyl (C=O) groups excluding carboxylic acids is 1. The summed E-state index contributed by atoms with van der Waals surface area (Å²) in [6, 6.07) is 3.72. The highest BCUT2D eigenvalue weighted by Crippen LogP contribution is 2.03. The summed E-state index contributed by atoms with van der Waals surface area (Å²) in [6.07, 6.45) is 2.09. The summed E-state index contributed by atoms with van der Waals surface area (Å²) < 4.78 is 0. The van der Waals surface area contributed by atoms with Gasteiger partial charge in [-0.1, -0.05) is 19.9 Å². The van der Waals surface area contributed by atoms with Crippen LogP contribution < -0.4 is 16.0 Å². The number of aliphatic imine (C=N–C) groups is 1. The molecule has 0 fully saturated rings. The molecule has 0 spiro atoms. The number of hydrogen-bond acceptors (Lipinski definition) is 3. The average molecular weight is 433 g/mol. The lowest BCUT2D eigenvalue weighted by molar-refractivity contribution is -0.116. The van der Waals surface area contributed by atoms with E-state index in [4.69, 9.17) is 0 Å². The van der Waals surface area contributed by atoms with E-state index in [-0.39, 0.29) is 29.9 Å². The number of aromatic nitrogens is 1. The van der Waals surface area contributed by atoms with Gasteiger partial charge in [-0.05, 0) is 31.4 Å². The zero-order valence-electron chi connectivity index (χ0n) is 14.3. The molecule has 0 aliphatic rings. The van der Waals surface area contributed by atoms with Crippen molar-refractivity contribution in [3.05, 3.63) is 23.9 Å². The summed E-state index contributed by atoms with van der Waals surface area (Å²) in [5, 5.41) is 9.10. The molecule has 0 unspecified atom stereocenters. The molecule has 0 aliphatic carbocycles. The zero-order chi connectivity index (χ0) is 16.4. The van der Waals surface area contributed by atoms with Gasteiger partial charge in [0.25, 0.3) is 0 Å². The first-order chi connectivity index (χ1) is 10.5. The Morgan fingerprint density at radius 2 is 2.04 bits per heavy atom. The van der Waals surface area contributed by atoms with Crippen molar-refractivity contribution in [2.24, 2.45) is 10.9 Å². The number of halogens is 1. The number of anilines is 1. The molecule has 130 valence electrons. The van der Waals surface area contributed by atoms with Crippen molar-refractivity contribution in [1.29, 1.82) is 0 Å². The average Bonchev–Trinajstić information content (AvgIpc) is 2.47. The van der Waals surface area contributed by atoms with Crippen LogP contribution in [-0.2, 0) is 4.79 Å². The van der Waals surface area contributed by atoms with E-state index in [0.29, 0.717) is 24.7 Å². The minimum absolute atomic E-state index is 0. The van der Waals surface area contributed by atoms with Gasteiger partial charge in [0.05, 0.1) is 0 Å². The lowest BCUT2D eigenvalue weighted by Gasteiger charge is -2.12. The lowest BCUT2D eigenvalue weighted by atomic mass is 10.2. The molecule has 0 saturated heterocycles. The summed E-state index contributed by atoms with van der Waals surface area (Å²) >= 11 is 0. The fourth-order valence-corrected chi connectivity index (χ4v) is 1.66. The number of guanidine groups is 1. The molecule has 1 heterocycles. The van der Waals surface area contributed by atoms with Crippen molar-refractivity contribution < 1.29 is 4.79 Å². The number of pyridine rings is 1. The fraction of sp³-hybridized carbons (Fsp3) is 0.562. The minimum Gasteiger partial charge on any atom is -0.357 e. The molecule has 1 amide bonds. The summed E-state index contributed by atoms with van der Waals surface area (Å²) in [5.74, 6) is 1.77. The highest BCUT2D eigenvalue weighted by Gasteiger charge is 2.04. The SMILES string of the molecule is CCNC(=NCC(C)C)NCCC(=O)Nc1ccc(C)cn1.I. The lowest BCUT2D eigenvalue weighted by Crippen LogP contribution is -2.39. The number of rotatable bonds is 7. The van der Waals surface area contributed by atoms with Crippen molar-refractivity contribution >= 4 is 41.7 Å². The molecule has 0 radical (unpaired) electrons. The van der Waals surface area contributed by atoms with Gasteiger partial charge in [-0.15, -0.1) is 24.0 Å². The normalized spacial score (nSPS) is 10.9. The number of hydrogen-bond donors (Lipinski definition) is 3. The Kier molecular flexibility index (Phi) is 11.4. The second-order valence-electron chi connectivity index (χ2n) is 5.56. The monoisotopic (exact) mass is 433 g/mol. The van der Waals surface area contributed by atoms with Crippen LogP contribution in [0.25, 0.3) is 0 Å². The van der Waals surface area contributed by atoms with Crippen molar-refractivity contribution in [3.63, 3.8) is 0 Å². The van der Waals surface area contributed by atoms with E-state index >= 15 is 0 Å². The molecule has 6 nitrogen and oxygen atoms in total. The second kappa shape index (κ2) is 12.1. The van der Waals surface area contributed by atoms with Crippen LogP contribution in [0.15, 0.2) is 23.3 Å². The predicted molar refractivity (Wildman–Crippen MR) is 106 cm³/mol. The highest BCUT2D eigenvalue weighted by molar-refractivity contribution is 14.0. The van der Waals surface area contributed by atoms with Gasteiger partial charge in [-0.25, -0.2) is 4.98 Å². The molecular formula is C16H28IN5O. The molecule has 23 heavy (non-hydrogen) atoms. The molecule has 1 aromatic heterocycles. The van der Waals surface area contributed by atoms with Gasteiger partial charge in [-0.2, -0.15) is 0 Å². The Morgan fingerprint density at radius 3 is 2.61 bits per heavy atom. The van der Waals surface area contributed by atoms with Crippen LogP contribution in [0.3, 0.4) is 0 Å². The minimum atomic E-state index is -0.0661. The van der Waals surface area contributed by atoms with Crippen LogP contribution in [0, 0.1) is 12.8 Å². The third kappa shape index (κ3) is 10.1. The first-order valence-corrected chi connectivity index (χ1v) is 7.76. The van der Waals surface area contributed by atoms with Crippen molar-refractivity contribution in [1.82, 2.24) is 15.6 Å². The van der Waals surface area contributed by atoms with Crippen LogP contribution in [-0.4, -0.2) is 36.5 Å². The molecule has 1 aromatic rings. The second-order valence-corrected chi connectivity index (χ2v) is 5.56. The van der Waals surface area contributed by atoms with Gasteiger partial charge < -0.3 is 16.0 Å². The Labute approximate surface area is 156 Å². The molecular weight excluding hydrogens is 405 g/mol. The Bertz CT molecular complexity index is 488. The Balaban J connectivity index is 0.00000484. The van der Waals surface area contributed by atoms with Crippen molar-refractivity contribution in [2.75, 3.05) is 25.0 Å². The first kappa shape index (κ1) is 21.6. The zero-order valence-corrected chi connectivity index (χ0v) is 16.7. The van der Waals surface area contributed by atoms with Gasteiger partial charge in [0.1, 0.15) is 5.82 Å². The van der Waals surface area contributed by atoms with E-state index in [1.807, 2.05) is 19.9 Å². The van der Waals surface area contributed by atoms with E-state index in [0.717, 1.165) is 24.6 Å². The number of nitrogens with zero attached hydrogens (tertiary/aromatic N) is 2. The number of carbonyl (C=O) groups is 1. The maximum absolute atomic E-state index is 11.9. The summed E-state index contributed by atoms with van der Waals surface area (Å²) in [4.78, 5) is 20.5. The summed E-state index contributed by atoms with van der Waals surface area (Å²) in [7, 11) is 0. The van der Waals surface area contributed by atoms with Crippen LogP contribution in [0.2, 0.25) is 0 Å². The predicted octanol–water partition coefficient (Wildman–Crippen LogP) is 2.55. The Morgan fingerprint density at radius 1 is 1.30 bits per heavy atom. The molecule has 0 aromatic carbocycles. The van der Waals surface area contributed by atoms with E-state index in [1.54, 1.807) is 12.3 Å².